The number of piperazine rings is 1. The molecule has 0 unspecified atom stereocenters. The molecule has 3 aliphatic heterocycles. The molecule has 0 bridgehead atoms. The number of piperidine rings is 1. The van der Waals surface area contributed by atoms with E-state index in [-0.39, 0.29) is 5.92 Å². The zero-order chi connectivity index (χ0) is 18.6. The van der Waals surface area contributed by atoms with Crippen LogP contribution >= 0.6 is 0 Å². The van der Waals surface area contributed by atoms with Crippen molar-refractivity contribution in [3.63, 3.8) is 0 Å². The SMILES string of the molecule is CN1CCN(C(=O)C2CCN(c3cncnc3N3CCOCC3)CC2)CC1. The molecule has 3 saturated heterocycles. The van der Waals surface area contributed by atoms with Crippen molar-refractivity contribution in [1.29, 1.82) is 0 Å². The number of morpholine rings is 1. The highest BCUT2D eigenvalue weighted by Crippen LogP contribution is 2.31. The lowest BCUT2D eigenvalue weighted by Crippen LogP contribution is -2.50. The molecule has 0 N–H and O–H groups in total. The fourth-order valence-electron chi connectivity index (χ4n) is 4.21. The van der Waals surface area contributed by atoms with Gasteiger partial charge in [-0.05, 0) is 19.9 Å². The monoisotopic (exact) mass is 374 g/mol. The van der Waals surface area contributed by atoms with E-state index in [0.717, 1.165) is 89.9 Å². The van der Waals surface area contributed by atoms with Crippen LogP contribution in [-0.2, 0) is 9.53 Å². The number of carbonyl (C=O) groups excluding carboxylic acids is 1. The van der Waals surface area contributed by atoms with E-state index in [0.29, 0.717) is 5.91 Å². The van der Waals surface area contributed by atoms with E-state index in [4.69, 9.17) is 4.74 Å². The Balaban J connectivity index is 1.37. The number of amides is 1. The molecule has 4 rings (SSSR count). The summed E-state index contributed by atoms with van der Waals surface area (Å²) in [7, 11) is 2.12. The van der Waals surface area contributed by atoms with E-state index in [2.05, 4.69) is 36.6 Å². The van der Waals surface area contributed by atoms with E-state index in [9.17, 15) is 4.79 Å². The molecule has 1 amide bonds. The van der Waals surface area contributed by atoms with Crippen molar-refractivity contribution >= 4 is 17.4 Å². The van der Waals surface area contributed by atoms with Crippen LogP contribution in [0.15, 0.2) is 12.5 Å². The second kappa shape index (κ2) is 8.39. The molecule has 27 heavy (non-hydrogen) atoms. The van der Waals surface area contributed by atoms with Crippen molar-refractivity contribution in [2.75, 3.05) is 82.4 Å². The third kappa shape index (κ3) is 4.16. The molecule has 0 atom stereocenters. The van der Waals surface area contributed by atoms with Crippen LogP contribution in [0, 0.1) is 5.92 Å². The third-order valence-corrected chi connectivity index (χ3v) is 5.98. The van der Waals surface area contributed by atoms with Crippen molar-refractivity contribution in [3.8, 4) is 0 Å². The summed E-state index contributed by atoms with van der Waals surface area (Å²) in [4.78, 5) is 30.6. The number of hydrogen-bond acceptors (Lipinski definition) is 7. The van der Waals surface area contributed by atoms with Crippen LogP contribution in [0.2, 0.25) is 0 Å². The predicted molar refractivity (Wildman–Crippen MR) is 104 cm³/mol. The summed E-state index contributed by atoms with van der Waals surface area (Å²) in [5, 5.41) is 0. The average molecular weight is 374 g/mol. The summed E-state index contributed by atoms with van der Waals surface area (Å²) < 4.78 is 5.47. The summed E-state index contributed by atoms with van der Waals surface area (Å²) in [5.41, 5.74) is 1.09. The van der Waals surface area contributed by atoms with E-state index >= 15 is 0 Å². The fourth-order valence-corrected chi connectivity index (χ4v) is 4.21. The van der Waals surface area contributed by atoms with Gasteiger partial charge < -0.3 is 24.3 Å². The first kappa shape index (κ1) is 18.4. The van der Waals surface area contributed by atoms with Gasteiger partial charge in [0.05, 0.1) is 25.1 Å². The third-order valence-electron chi connectivity index (χ3n) is 5.98. The highest BCUT2D eigenvalue weighted by Gasteiger charge is 2.31. The predicted octanol–water partition coefficient (Wildman–Crippen LogP) is 0.304. The molecule has 1 aromatic heterocycles. The second-order valence-electron chi connectivity index (χ2n) is 7.72. The Morgan fingerprint density at radius 3 is 2.41 bits per heavy atom. The molecular formula is C19H30N6O2. The second-order valence-corrected chi connectivity index (χ2v) is 7.72. The number of hydrogen-bond donors (Lipinski definition) is 0. The number of carbonyl (C=O) groups is 1. The van der Waals surface area contributed by atoms with Gasteiger partial charge in [-0.25, -0.2) is 9.97 Å². The summed E-state index contributed by atoms with van der Waals surface area (Å²) in [6.07, 6.45) is 5.35. The van der Waals surface area contributed by atoms with E-state index < -0.39 is 0 Å². The molecule has 3 fully saturated rings. The van der Waals surface area contributed by atoms with E-state index in [1.807, 2.05) is 6.20 Å². The summed E-state index contributed by atoms with van der Waals surface area (Å²) in [6, 6.07) is 0. The molecule has 1 aromatic rings. The van der Waals surface area contributed by atoms with Crippen LogP contribution in [-0.4, -0.2) is 98.3 Å². The first-order chi connectivity index (χ1) is 13.2. The van der Waals surface area contributed by atoms with Crippen molar-refractivity contribution in [2.24, 2.45) is 5.92 Å². The van der Waals surface area contributed by atoms with Gasteiger partial charge in [0, 0.05) is 58.3 Å². The minimum atomic E-state index is 0.154. The Kier molecular flexibility index (Phi) is 5.73. The highest BCUT2D eigenvalue weighted by molar-refractivity contribution is 5.79. The Morgan fingerprint density at radius 2 is 1.70 bits per heavy atom. The zero-order valence-electron chi connectivity index (χ0n) is 16.2. The number of anilines is 2. The molecular weight excluding hydrogens is 344 g/mol. The number of aromatic nitrogens is 2. The summed E-state index contributed by atoms with van der Waals surface area (Å²) in [6.45, 7) is 8.67. The van der Waals surface area contributed by atoms with Gasteiger partial charge in [0.15, 0.2) is 5.82 Å². The van der Waals surface area contributed by atoms with Gasteiger partial charge in [-0.1, -0.05) is 0 Å². The first-order valence-corrected chi connectivity index (χ1v) is 10.1. The molecule has 148 valence electrons. The van der Waals surface area contributed by atoms with E-state index in [1.165, 1.54) is 0 Å². The van der Waals surface area contributed by atoms with Gasteiger partial charge in [0.1, 0.15) is 6.33 Å². The smallest absolute Gasteiger partial charge is 0.225 e. The Bertz CT molecular complexity index is 635. The molecule has 0 saturated carbocycles. The molecule has 8 nitrogen and oxygen atoms in total. The molecule has 0 radical (unpaired) electrons. The van der Waals surface area contributed by atoms with Gasteiger partial charge in [-0.15, -0.1) is 0 Å². The maximum Gasteiger partial charge on any atom is 0.225 e. The molecule has 8 heteroatoms. The summed E-state index contributed by atoms with van der Waals surface area (Å²) in [5.74, 6) is 1.50. The van der Waals surface area contributed by atoms with Crippen molar-refractivity contribution in [2.45, 2.75) is 12.8 Å². The molecule has 0 spiro atoms. The Hall–Kier alpha value is -1.93. The normalized spacial score (nSPS) is 22.9. The minimum Gasteiger partial charge on any atom is -0.378 e. The molecule has 0 aromatic carbocycles. The van der Waals surface area contributed by atoms with Crippen molar-refractivity contribution < 1.29 is 9.53 Å². The number of ether oxygens (including phenoxy) is 1. The number of rotatable bonds is 3. The lowest BCUT2D eigenvalue weighted by molar-refractivity contribution is -0.137. The van der Waals surface area contributed by atoms with Crippen LogP contribution in [0.4, 0.5) is 11.5 Å². The summed E-state index contributed by atoms with van der Waals surface area (Å²) >= 11 is 0. The maximum atomic E-state index is 12.9. The lowest BCUT2D eigenvalue weighted by atomic mass is 9.94. The lowest BCUT2D eigenvalue weighted by Gasteiger charge is -2.39. The minimum absolute atomic E-state index is 0.154. The average Bonchev–Trinajstić information content (AvgIpc) is 2.74. The molecule has 3 aliphatic rings. The van der Waals surface area contributed by atoms with Crippen LogP contribution in [0.5, 0.6) is 0 Å². The molecule has 0 aliphatic carbocycles. The van der Waals surface area contributed by atoms with Gasteiger partial charge in [0.25, 0.3) is 0 Å². The van der Waals surface area contributed by atoms with Crippen LogP contribution in [0.1, 0.15) is 12.8 Å². The van der Waals surface area contributed by atoms with Crippen molar-refractivity contribution in [3.05, 3.63) is 12.5 Å². The highest BCUT2D eigenvalue weighted by atomic mass is 16.5. The topological polar surface area (TPSA) is 65.0 Å². The fraction of sp³-hybridized carbons (Fsp3) is 0.737. The van der Waals surface area contributed by atoms with Crippen molar-refractivity contribution in [1.82, 2.24) is 19.8 Å². The Labute approximate surface area is 161 Å². The van der Waals surface area contributed by atoms with Crippen LogP contribution in [0.3, 0.4) is 0 Å². The molecule has 4 heterocycles. The number of likely N-dealkylation sites (N-methyl/N-ethyl adjacent to an activating group) is 1. The standard InChI is InChI=1S/C19H30N6O2/c1-22-6-8-25(9-7-22)19(26)16-2-4-23(5-3-16)17-14-20-15-21-18(17)24-10-12-27-13-11-24/h14-16H,2-13H2,1H3. The van der Waals surface area contributed by atoms with Gasteiger partial charge in [0.2, 0.25) is 5.91 Å². The van der Waals surface area contributed by atoms with Gasteiger partial charge in [-0.2, -0.15) is 0 Å². The van der Waals surface area contributed by atoms with Gasteiger partial charge in [-0.3, -0.25) is 4.79 Å². The van der Waals surface area contributed by atoms with Crippen LogP contribution in [0.25, 0.3) is 0 Å². The van der Waals surface area contributed by atoms with E-state index in [1.54, 1.807) is 6.33 Å². The first-order valence-electron chi connectivity index (χ1n) is 10.1. The maximum absolute atomic E-state index is 12.9. The van der Waals surface area contributed by atoms with Crippen LogP contribution < -0.4 is 9.80 Å². The zero-order valence-corrected chi connectivity index (χ0v) is 16.2. The van der Waals surface area contributed by atoms with Gasteiger partial charge >= 0.3 is 0 Å². The largest absolute Gasteiger partial charge is 0.378 e. The Morgan fingerprint density at radius 1 is 1.00 bits per heavy atom. The quantitative estimate of drug-likeness (QED) is 0.754. The number of nitrogens with zero attached hydrogens (tertiary/aromatic N) is 6.